The zero-order valence-corrected chi connectivity index (χ0v) is 23.2. The number of carboxylic acids is 1. The van der Waals surface area contributed by atoms with Crippen LogP contribution in [0.25, 0.3) is 0 Å². The van der Waals surface area contributed by atoms with Crippen molar-refractivity contribution in [2.45, 2.75) is 63.3 Å². The summed E-state index contributed by atoms with van der Waals surface area (Å²) in [7, 11) is 0. The van der Waals surface area contributed by atoms with Gasteiger partial charge < -0.3 is 20.3 Å². The van der Waals surface area contributed by atoms with Crippen molar-refractivity contribution in [3.63, 3.8) is 0 Å². The molecule has 2 heterocycles. The molecule has 6 nitrogen and oxygen atoms in total. The first-order chi connectivity index (χ1) is 20.1. The highest BCUT2D eigenvalue weighted by atomic mass is 19.4. The van der Waals surface area contributed by atoms with Gasteiger partial charge in [0.1, 0.15) is 17.3 Å². The van der Waals surface area contributed by atoms with Crippen LogP contribution in [0.2, 0.25) is 0 Å². The van der Waals surface area contributed by atoms with E-state index in [9.17, 15) is 22.7 Å². The van der Waals surface area contributed by atoms with Crippen LogP contribution in [0.1, 0.15) is 54.0 Å². The number of rotatable bonds is 8. The van der Waals surface area contributed by atoms with Crippen molar-refractivity contribution in [3.8, 4) is 11.5 Å². The number of aliphatic carboxylic acids is 1. The summed E-state index contributed by atoms with van der Waals surface area (Å²) in [6, 6.07) is 21.8. The summed E-state index contributed by atoms with van der Waals surface area (Å²) in [5.74, 6) is -1.73. The van der Waals surface area contributed by atoms with E-state index in [4.69, 9.17) is 14.6 Å². The number of nitrogens with one attached hydrogen (secondary N) is 1. The van der Waals surface area contributed by atoms with Crippen LogP contribution in [0.4, 0.5) is 17.6 Å². The summed E-state index contributed by atoms with van der Waals surface area (Å²) in [5, 5.41) is 20.7. The highest BCUT2D eigenvalue weighted by Crippen LogP contribution is 2.35. The number of hydrogen-bond donors (Lipinski definition) is 3. The van der Waals surface area contributed by atoms with E-state index < -0.39 is 12.1 Å². The molecule has 2 aliphatic rings. The normalized spacial score (nSPS) is 18.9. The highest BCUT2D eigenvalue weighted by Gasteiger charge is 2.38. The number of carboxylic acid groups (broad SMARTS) is 1. The Hall–Kier alpha value is -3.63. The van der Waals surface area contributed by atoms with Gasteiger partial charge in [0.2, 0.25) is 0 Å². The largest absolute Gasteiger partial charge is 0.508 e. The summed E-state index contributed by atoms with van der Waals surface area (Å²) >= 11 is 0. The van der Waals surface area contributed by atoms with Crippen LogP contribution >= 0.6 is 0 Å². The molecule has 3 aromatic rings. The average molecular weight is 589 g/mol. The van der Waals surface area contributed by atoms with Gasteiger partial charge in [0, 0.05) is 25.2 Å². The monoisotopic (exact) mass is 588 g/mol. The van der Waals surface area contributed by atoms with Crippen LogP contribution in [-0.4, -0.2) is 53.0 Å². The summed E-state index contributed by atoms with van der Waals surface area (Å²) < 4.78 is 51.2. The van der Waals surface area contributed by atoms with Gasteiger partial charge in [-0.3, -0.25) is 4.90 Å². The van der Waals surface area contributed by atoms with Crippen molar-refractivity contribution < 1.29 is 37.3 Å². The Morgan fingerprint density at radius 2 is 1.69 bits per heavy atom. The van der Waals surface area contributed by atoms with Gasteiger partial charge in [-0.2, -0.15) is 13.2 Å². The summed E-state index contributed by atoms with van der Waals surface area (Å²) in [4.78, 5) is 11.4. The first-order valence-corrected chi connectivity index (χ1v) is 14.1. The Morgan fingerprint density at radius 1 is 1.00 bits per heavy atom. The second kappa shape index (κ2) is 14.5. The highest BCUT2D eigenvalue weighted by molar-refractivity contribution is 5.73. The van der Waals surface area contributed by atoms with Gasteiger partial charge in [0.25, 0.3) is 0 Å². The Balaban J connectivity index is 0.000000517. The minimum absolute atomic E-state index is 0.188. The molecule has 2 unspecified atom stereocenters. The first-order valence-electron chi connectivity index (χ1n) is 14.1. The number of halogens is 4. The molecule has 226 valence electrons. The van der Waals surface area contributed by atoms with E-state index in [2.05, 4.69) is 40.5 Å². The number of piperidine rings is 1. The lowest BCUT2D eigenvalue weighted by Gasteiger charge is -2.38. The average Bonchev–Trinajstić information content (AvgIpc) is 2.96. The van der Waals surface area contributed by atoms with Gasteiger partial charge in [-0.25, -0.2) is 9.18 Å². The molecule has 1 saturated heterocycles. The van der Waals surface area contributed by atoms with Crippen molar-refractivity contribution in [2.24, 2.45) is 0 Å². The molecule has 3 N–H and O–H groups in total. The molecule has 42 heavy (non-hydrogen) atoms. The molecule has 0 aliphatic carbocycles. The number of benzene rings is 3. The summed E-state index contributed by atoms with van der Waals surface area (Å²) in [6.45, 7) is 3.53. The zero-order chi connectivity index (χ0) is 30.1. The number of alkyl halides is 3. The van der Waals surface area contributed by atoms with Crippen LogP contribution < -0.4 is 10.1 Å². The molecular weight excluding hydrogens is 552 g/mol. The van der Waals surface area contributed by atoms with Crippen molar-refractivity contribution in [3.05, 3.63) is 94.8 Å². The van der Waals surface area contributed by atoms with Gasteiger partial charge in [-0.1, -0.05) is 36.8 Å². The van der Waals surface area contributed by atoms with Gasteiger partial charge in [0.05, 0.1) is 6.61 Å². The first kappa shape index (κ1) is 31.3. The fourth-order valence-electron chi connectivity index (χ4n) is 5.44. The number of aromatic hydroxyl groups is 1. The maximum Gasteiger partial charge on any atom is 0.490 e. The van der Waals surface area contributed by atoms with E-state index in [0.717, 1.165) is 56.8 Å². The molecule has 2 aliphatic heterocycles. The molecule has 3 aromatic carbocycles. The Morgan fingerprint density at radius 3 is 2.33 bits per heavy atom. The van der Waals surface area contributed by atoms with Crippen molar-refractivity contribution in [1.29, 1.82) is 0 Å². The summed E-state index contributed by atoms with van der Waals surface area (Å²) in [6.07, 6.45) is 1.57. The maximum absolute atomic E-state index is 13.4. The van der Waals surface area contributed by atoms with Gasteiger partial charge in [-0.05, 0) is 97.3 Å². The zero-order valence-electron chi connectivity index (χ0n) is 23.2. The molecule has 0 radical (unpaired) electrons. The Kier molecular flexibility index (Phi) is 10.8. The lowest BCUT2D eigenvalue weighted by atomic mass is 9.88. The molecule has 10 heteroatoms. The topological polar surface area (TPSA) is 82.0 Å². The second-order valence-corrected chi connectivity index (χ2v) is 10.7. The third kappa shape index (κ3) is 9.19. The van der Waals surface area contributed by atoms with Gasteiger partial charge in [0.15, 0.2) is 0 Å². The molecular formula is C32H36F4N2O4. The predicted molar refractivity (Wildman–Crippen MR) is 151 cm³/mol. The quantitative estimate of drug-likeness (QED) is 0.264. The molecule has 2 atom stereocenters. The SMILES string of the molecule is O=C(O)C(F)(F)F.Oc1ccc2c(c1)CCN(Cc1ccc(F)cc1)C2Cc1ccc(OCCC2CCCCN2)cc1. The van der Waals surface area contributed by atoms with Crippen molar-refractivity contribution >= 4 is 5.97 Å². The number of ether oxygens (including phenoxy) is 1. The van der Waals surface area contributed by atoms with Crippen LogP contribution in [0.15, 0.2) is 66.7 Å². The number of hydrogen-bond acceptors (Lipinski definition) is 5. The van der Waals surface area contributed by atoms with Gasteiger partial charge >= 0.3 is 12.1 Å². The lowest BCUT2D eigenvalue weighted by molar-refractivity contribution is -0.192. The van der Waals surface area contributed by atoms with Crippen LogP contribution in [0.3, 0.4) is 0 Å². The number of nitrogens with zero attached hydrogens (tertiary/aromatic N) is 1. The Bertz CT molecular complexity index is 1290. The molecule has 0 amide bonds. The molecule has 0 aromatic heterocycles. The van der Waals surface area contributed by atoms with Crippen LogP contribution in [0, 0.1) is 5.82 Å². The smallest absolute Gasteiger partial charge is 0.490 e. The van der Waals surface area contributed by atoms with Gasteiger partial charge in [-0.15, -0.1) is 0 Å². The number of fused-ring (bicyclic) bond motifs is 1. The van der Waals surface area contributed by atoms with E-state index in [1.54, 1.807) is 6.07 Å². The second-order valence-electron chi connectivity index (χ2n) is 10.7. The summed E-state index contributed by atoms with van der Waals surface area (Å²) in [5.41, 5.74) is 4.83. The fraction of sp³-hybridized carbons (Fsp3) is 0.406. The van der Waals surface area contributed by atoms with Crippen molar-refractivity contribution in [1.82, 2.24) is 10.2 Å². The molecule has 1 fully saturated rings. The number of phenolic OH excluding ortho intramolecular Hbond substituents is 1. The van der Waals surface area contributed by atoms with E-state index in [-0.39, 0.29) is 11.9 Å². The third-order valence-electron chi connectivity index (χ3n) is 7.64. The Labute approximate surface area is 242 Å². The predicted octanol–water partition coefficient (Wildman–Crippen LogP) is 6.42. The maximum atomic E-state index is 13.4. The molecule has 0 saturated carbocycles. The van der Waals surface area contributed by atoms with E-state index in [0.29, 0.717) is 11.8 Å². The van der Waals surface area contributed by atoms with Crippen LogP contribution in [-0.2, 0) is 24.2 Å². The minimum atomic E-state index is -5.08. The number of phenols is 1. The van der Waals surface area contributed by atoms with Crippen molar-refractivity contribution in [2.75, 3.05) is 19.7 Å². The lowest BCUT2D eigenvalue weighted by Crippen LogP contribution is -2.36. The third-order valence-corrected chi connectivity index (χ3v) is 7.64. The number of carbonyl (C=O) groups is 1. The molecule has 0 bridgehead atoms. The minimum Gasteiger partial charge on any atom is -0.508 e. The molecule has 0 spiro atoms. The fourth-order valence-corrected chi connectivity index (χ4v) is 5.44. The van der Waals surface area contributed by atoms with Crippen LogP contribution in [0.5, 0.6) is 11.5 Å². The standard InChI is InChI=1S/C30H35FN2O2.C2HF3O2/c31-25-8-4-23(5-9-25)21-33-17-14-24-20-27(34)10-13-29(24)30(33)19-22-6-11-28(12-7-22)35-18-15-26-3-1-2-16-32-26;3-2(4,5)1(6)7/h4-13,20,26,30,32,34H,1-3,14-19,21H2;(H,6,7). The van der Waals surface area contributed by atoms with E-state index in [1.807, 2.05) is 18.2 Å². The van der Waals surface area contributed by atoms with E-state index >= 15 is 0 Å². The van der Waals surface area contributed by atoms with E-state index in [1.165, 1.54) is 48.1 Å². The molecule has 5 rings (SSSR count).